The number of carbonyl (C=O) groups is 1. The summed E-state index contributed by atoms with van der Waals surface area (Å²) in [5.74, 6) is 0.798. The van der Waals surface area contributed by atoms with Crippen LogP contribution in [-0.2, 0) is 26.2 Å². The van der Waals surface area contributed by atoms with E-state index in [1.165, 1.54) is 18.2 Å². The molecule has 1 N–H and O–H groups in total. The van der Waals surface area contributed by atoms with Gasteiger partial charge < -0.3 is 19.5 Å². The van der Waals surface area contributed by atoms with Crippen molar-refractivity contribution in [3.8, 4) is 5.75 Å². The van der Waals surface area contributed by atoms with Crippen molar-refractivity contribution in [1.82, 2.24) is 10.2 Å². The van der Waals surface area contributed by atoms with E-state index in [4.69, 9.17) is 14.2 Å². The van der Waals surface area contributed by atoms with Crippen molar-refractivity contribution in [1.29, 1.82) is 0 Å². The number of amides is 1. The lowest BCUT2D eigenvalue weighted by Crippen LogP contribution is -2.51. The number of nitrogens with zero attached hydrogens (tertiary/aromatic N) is 1. The molecule has 1 aliphatic carbocycles. The molecule has 34 heavy (non-hydrogen) atoms. The molecule has 0 bridgehead atoms. The summed E-state index contributed by atoms with van der Waals surface area (Å²) in [5, 5.41) is 3.19. The zero-order valence-corrected chi connectivity index (χ0v) is 20.5. The zero-order chi connectivity index (χ0) is 24.1. The van der Waals surface area contributed by atoms with E-state index in [9.17, 15) is 4.79 Å². The maximum absolute atomic E-state index is 12.5. The summed E-state index contributed by atoms with van der Waals surface area (Å²) in [7, 11) is 3.25. The first-order valence-corrected chi connectivity index (χ1v) is 12.0. The van der Waals surface area contributed by atoms with Gasteiger partial charge in [0, 0.05) is 19.1 Å². The molecule has 1 fully saturated rings. The van der Waals surface area contributed by atoms with Gasteiger partial charge in [-0.05, 0) is 61.2 Å². The molecule has 2 aromatic carbocycles. The van der Waals surface area contributed by atoms with Crippen LogP contribution in [0.4, 0.5) is 0 Å². The fourth-order valence-corrected chi connectivity index (χ4v) is 5.75. The normalized spacial score (nSPS) is 21.3. The fourth-order valence-electron chi connectivity index (χ4n) is 5.75. The lowest BCUT2D eigenvalue weighted by atomic mass is 9.71. The molecule has 4 rings (SSSR count). The number of nitrogens with one attached hydrogen (secondary N) is 1. The van der Waals surface area contributed by atoms with Crippen LogP contribution in [0.1, 0.15) is 41.1 Å². The van der Waals surface area contributed by atoms with Crippen molar-refractivity contribution in [3.63, 3.8) is 0 Å². The number of ether oxygens (including phenoxy) is 3. The van der Waals surface area contributed by atoms with Crippen LogP contribution in [0.5, 0.6) is 5.75 Å². The summed E-state index contributed by atoms with van der Waals surface area (Å²) in [6, 6.07) is 14.7. The van der Waals surface area contributed by atoms with Gasteiger partial charge in [-0.15, -0.1) is 6.58 Å². The molecule has 2 atom stereocenters. The Balaban J connectivity index is 1.56. The van der Waals surface area contributed by atoms with Gasteiger partial charge in [0.05, 0.1) is 25.9 Å². The summed E-state index contributed by atoms with van der Waals surface area (Å²) < 4.78 is 16.9. The highest BCUT2D eigenvalue weighted by atomic mass is 16.5. The Hall–Kier alpha value is -2.67. The molecule has 2 aliphatic rings. The van der Waals surface area contributed by atoms with Crippen molar-refractivity contribution in [2.75, 3.05) is 40.5 Å². The Morgan fingerprint density at radius 2 is 1.97 bits per heavy atom. The van der Waals surface area contributed by atoms with E-state index in [2.05, 4.69) is 60.1 Å². The number of rotatable bonds is 9. The van der Waals surface area contributed by atoms with E-state index >= 15 is 0 Å². The minimum Gasteiger partial charge on any atom is -0.496 e. The van der Waals surface area contributed by atoms with Gasteiger partial charge in [0.2, 0.25) is 5.91 Å². The van der Waals surface area contributed by atoms with Gasteiger partial charge in [-0.1, -0.05) is 42.5 Å². The van der Waals surface area contributed by atoms with Crippen LogP contribution in [0.2, 0.25) is 0 Å². The molecule has 1 amide bonds. The van der Waals surface area contributed by atoms with E-state index in [-0.39, 0.29) is 30.1 Å². The van der Waals surface area contributed by atoms with Gasteiger partial charge in [-0.2, -0.15) is 0 Å². The summed E-state index contributed by atoms with van der Waals surface area (Å²) in [4.78, 5) is 15.0. The summed E-state index contributed by atoms with van der Waals surface area (Å²) in [5.41, 5.74) is 4.76. The maximum atomic E-state index is 12.5. The lowest BCUT2D eigenvalue weighted by Gasteiger charge is -2.44. The van der Waals surface area contributed by atoms with Crippen LogP contribution >= 0.6 is 0 Å². The first-order valence-electron chi connectivity index (χ1n) is 12.0. The number of aryl methyl sites for hydroxylation is 1. The molecule has 1 spiro atoms. The Morgan fingerprint density at radius 3 is 2.65 bits per heavy atom. The Labute approximate surface area is 202 Å². The second-order valence-corrected chi connectivity index (χ2v) is 9.34. The highest BCUT2D eigenvalue weighted by molar-refractivity contribution is 5.78. The van der Waals surface area contributed by atoms with Crippen LogP contribution in [0.15, 0.2) is 55.1 Å². The monoisotopic (exact) mass is 464 g/mol. The number of piperidine rings is 1. The fraction of sp³-hybridized carbons (Fsp3) is 0.464. The van der Waals surface area contributed by atoms with Gasteiger partial charge in [-0.3, -0.25) is 9.69 Å². The summed E-state index contributed by atoms with van der Waals surface area (Å²) in [6.07, 6.45) is 3.58. The first kappa shape index (κ1) is 24.5. The second-order valence-electron chi connectivity index (χ2n) is 9.34. The van der Waals surface area contributed by atoms with Crippen molar-refractivity contribution >= 4 is 5.91 Å². The average Bonchev–Trinajstić information content (AvgIpc) is 3.08. The van der Waals surface area contributed by atoms with Crippen LogP contribution < -0.4 is 10.1 Å². The quantitative estimate of drug-likeness (QED) is 0.570. The molecule has 6 heteroatoms. The molecule has 0 aromatic heterocycles. The van der Waals surface area contributed by atoms with Gasteiger partial charge >= 0.3 is 0 Å². The minimum atomic E-state index is -0.199. The molecular formula is C28H36N2O4. The van der Waals surface area contributed by atoms with Gasteiger partial charge in [0.15, 0.2) is 0 Å². The third-order valence-electron chi connectivity index (χ3n) is 7.28. The van der Waals surface area contributed by atoms with Gasteiger partial charge in [-0.25, -0.2) is 0 Å². The van der Waals surface area contributed by atoms with Crippen molar-refractivity contribution in [3.05, 3.63) is 77.4 Å². The number of methoxy groups -OCH3 is 2. The zero-order valence-electron chi connectivity index (χ0n) is 20.5. The van der Waals surface area contributed by atoms with Crippen molar-refractivity contribution < 1.29 is 19.0 Å². The molecule has 1 saturated heterocycles. The summed E-state index contributed by atoms with van der Waals surface area (Å²) >= 11 is 0. The standard InChI is InChI=1S/C28H36N2O4/c1-5-16-34-27-26(29-25(31)19-32-3)22-8-6-7-9-23(22)28(27)12-14-30(15-13-28)18-21-10-11-24(33-4)20(2)17-21/h5-11,17,26-27H,1,12-16,18-19H2,2-4H3,(H,29,31)/t26-,27+/m1/s1. The molecule has 182 valence electrons. The van der Waals surface area contributed by atoms with Gasteiger partial charge in [0.1, 0.15) is 12.4 Å². The third-order valence-corrected chi connectivity index (χ3v) is 7.28. The molecule has 0 unspecified atom stereocenters. The molecule has 0 saturated carbocycles. The Morgan fingerprint density at radius 1 is 1.21 bits per heavy atom. The minimum absolute atomic E-state index is 0.0366. The smallest absolute Gasteiger partial charge is 0.246 e. The highest BCUT2D eigenvalue weighted by Gasteiger charge is 2.54. The van der Waals surface area contributed by atoms with Crippen LogP contribution in [-0.4, -0.2) is 57.4 Å². The van der Waals surface area contributed by atoms with Crippen molar-refractivity contribution in [2.24, 2.45) is 0 Å². The number of fused-ring (bicyclic) bond motifs is 2. The van der Waals surface area contributed by atoms with E-state index < -0.39 is 0 Å². The molecule has 1 heterocycles. The second kappa shape index (κ2) is 10.7. The summed E-state index contributed by atoms with van der Waals surface area (Å²) in [6.45, 7) is 9.26. The maximum Gasteiger partial charge on any atom is 0.246 e. The predicted octanol–water partition coefficient (Wildman–Crippen LogP) is 3.93. The molecular weight excluding hydrogens is 428 g/mol. The lowest BCUT2D eigenvalue weighted by molar-refractivity contribution is -0.127. The van der Waals surface area contributed by atoms with E-state index in [0.29, 0.717) is 6.61 Å². The first-order chi connectivity index (χ1) is 16.5. The molecule has 2 aromatic rings. The SMILES string of the molecule is C=CCO[C@H]1[C@H](NC(=O)COC)c2ccccc2C12CCN(Cc1ccc(OC)c(C)c1)CC2. The number of carbonyl (C=O) groups excluding carboxylic acids is 1. The largest absolute Gasteiger partial charge is 0.496 e. The molecule has 0 radical (unpaired) electrons. The van der Waals surface area contributed by atoms with E-state index in [1.54, 1.807) is 13.2 Å². The molecule has 1 aliphatic heterocycles. The van der Waals surface area contributed by atoms with E-state index in [0.717, 1.165) is 49.4 Å². The highest BCUT2D eigenvalue weighted by Crippen LogP contribution is 2.52. The Kier molecular flexibility index (Phi) is 7.71. The molecule has 6 nitrogen and oxygen atoms in total. The van der Waals surface area contributed by atoms with Crippen LogP contribution in [0.25, 0.3) is 0 Å². The third kappa shape index (κ3) is 4.76. The average molecular weight is 465 g/mol. The van der Waals surface area contributed by atoms with Crippen LogP contribution in [0.3, 0.4) is 0 Å². The van der Waals surface area contributed by atoms with Crippen molar-refractivity contribution in [2.45, 2.75) is 43.9 Å². The predicted molar refractivity (Wildman–Crippen MR) is 133 cm³/mol. The number of hydrogen-bond acceptors (Lipinski definition) is 5. The number of likely N-dealkylation sites (tertiary alicyclic amines) is 1. The number of hydrogen-bond donors (Lipinski definition) is 1. The van der Waals surface area contributed by atoms with E-state index in [1.807, 2.05) is 6.07 Å². The number of benzene rings is 2. The topological polar surface area (TPSA) is 60.0 Å². The van der Waals surface area contributed by atoms with Gasteiger partial charge in [0.25, 0.3) is 0 Å². The van der Waals surface area contributed by atoms with Crippen LogP contribution in [0, 0.1) is 6.92 Å². The Bertz CT molecular complexity index is 1010.